The molecule has 4 N–H and O–H groups in total. The zero-order chi connectivity index (χ0) is 35.3. The maximum Gasteiger partial charge on any atom is 0.144 e. The molecule has 8 bridgehead atoms. The van der Waals surface area contributed by atoms with Crippen LogP contribution in [0.15, 0.2) is 98.1 Å². The van der Waals surface area contributed by atoms with Gasteiger partial charge in [-0.25, -0.2) is 19.9 Å². The molecule has 1 aliphatic heterocycles. The number of fused-ring (bicyclic) bond motifs is 8. The Hall–Kier alpha value is -6.56. The van der Waals surface area contributed by atoms with E-state index in [1.54, 1.807) is 0 Å². The molecule has 9 rings (SSSR count). The Bertz CT molecular complexity index is 2440. The number of hydrogen-bond donors (Lipinski definition) is 4. The monoisotopic (exact) mass is 688 g/mol. The van der Waals surface area contributed by atoms with Gasteiger partial charge < -0.3 is 38.2 Å². The van der Waals surface area contributed by atoms with Crippen LogP contribution in [0.25, 0.3) is 22.3 Å². The number of hydrogen-bond acceptors (Lipinski definition) is 4. The van der Waals surface area contributed by atoms with Crippen LogP contribution in [0.3, 0.4) is 0 Å². The highest BCUT2D eigenvalue weighted by molar-refractivity contribution is 5.81. The predicted octanol–water partition coefficient (Wildman–Crippen LogP) is 3.17. The molecule has 260 valence electrons. The summed E-state index contributed by atoms with van der Waals surface area (Å²) in [5, 5.41) is 3.75. The molecule has 0 aromatic carbocycles. The number of aryl methyl sites for hydroxylation is 4. The van der Waals surface area contributed by atoms with E-state index < -0.39 is 0 Å². The van der Waals surface area contributed by atoms with E-state index in [0.717, 1.165) is 116 Å². The van der Waals surface area contributed by atoms with Gasteiger partial charge in [0.25, 0.3) is 0 Å². The first-order chi connectivity index (χ1) is 25.6. The molecule has 0 spiro atoms. The normalized spacial score (nSPS) is 13.2. The van der Waals surface area contributed by atoms with Crippen molar-refractivity contribution in [2.75, 3.05) is 0 Å². The van der Waals surface area contributed by atoms with Gasteiger partial charge in [0.05, 0.1) is 66.5 Å². The van der Waals surface area contributed by atoms with Crippen molar-refractivity contribution in [2.45, 2.75) is 53.9 Å². The van der Waals surface area contributed by atoms with Crippen molar-refractivity contribution in [3.8, 4) is 0 Å². The lowest BCUT2D eigenvalue weighted by molar-refractivity contribution is 0.746. The van der Waals surface area contributed by atoms with Crippen molar-refractivity contribution in [2.24, 2.45) is 0 Å². The van der Waals surface area contributed by atoms with Crippen LogP contribution in [0.5, 0.6) is 0 Å². The van der Waals surface area contributed by atoms with E-state index in [1.807, 2.05) is 49.6 Å². The molecule has 0 atom stereocenters. The van der Waals surface area contributed by atoms with Gasteiger partial charge >= 0.3 is 0 Å². The van der Waals surface area contributed by atoms with Crippen molar-refractivity contribution in [1.29, 1.82) is 0 Å². The molecule has 12 nitrogen and oxygen atoms in total. The average molecular weight is 689 g/mol. The maximum atomic E-state index is 4.88. The number of H-pyrrole nitrogens is 4. The molecule has 0 unspecified atom stereocenters. The highest BCUT2D eigenvalue weighted by atomic mass is 15.1. The van der Waals surface area contributed by atoms with Gasteiger partial charge in [-0.1, -0.05) is 0 Å². The van der Waals surface area contributed by atoms with Gasteiger partial charge in [0, 0.05) is 75.8 Å². The number of nitrogens with zero attached hydrogens (tertiary/aromatic N) is 8. The Balaban J connectivity index is 1.45. The summed E-state index contributed by atoms with van der Waals surface area (Å²) in [5.41, 5.74) is 7.61. The number of imidazole rings is 4. The van der Waals surface area contributed by atoms with Crippen LogP contribution in [-0.4, -0.2) is 58.1 Å². The molecule has 52 heavy (non-hydrogen) atoms. The standard InChI is InChI=1S/C40H40N12/c1-5-49-21-17-41-37(49)33-25-9-11-27(45-25)34(38-42-18-22-50(38)6-2)29-13-15-31(47-29)36(40-44-20-24-52(40)8-4)32-16-14-30(48-32)35(28-12-10-26(33)46-28)39-43-19-23-51(39)7-3/h9-24,45-48H,5-8H2,1-4H3. The van der Waals surface area contributed by atoms with Crippen LogP contribution >= 0.6 is 0 Å². The topological polar surface area (TPSA) is 134 Å². The van der Waals surface area contributed by atoms with Crippen LogP contribution in [0.2, 0.25) is 0 Å². The van der Waals surface area contributed by atoms with E-state index >= 15 is 0 Å². The summed E-state index contributed by atoms with van der Waals surface area (Å²) in [4.78, 5) is 34.8. The zero-order valence-electron chi connectivity index (χ0n) is 29.6. The molecular weight excluding hydrogens is 649 g/mol. The minimum atomic E-state index is 0.780. The van der Waals surface area contributed by atoms with Crippen LogP contribution in [-0.2, 0) is 26.2 Å². The fraction of sp³-hybridized carbons (Fsp3) is 0.200. The second kappa shape index (κ2) is 12.6. The van der Waals surface area contributed by atoms with Gasteiger partial charge in [-0.3, -0.25) is 0 Å². The van der Waals surface area contributed by atoms with Gasteiger partial charge in [0.1, 0.15) is 23.3 Å². The van der Waals surface area contributed by atoms with E-state index in [2.05, 4.69) is 114 Å². The minimum Gasteiger partial charge on any atom is -0.354 e. The highest BCUT2D eigenvalue weighted by Gasteiger charge is 2.23. The second-order valence-electron chi connectivity index (χ2n) is 12.8. The molecule has 0 radical (unpaired) electrons. The summed E-state index contributed by atoms with van der Waals surface area (Å²) in [6.45, 7) is 11.7. The van der Waals surface area contributed by atoms with Crippen LogP contribution in [0.4, 0.5) is 0 Å². The summed E-state index contributed by atoms with van der Waals surface area (Å²) in [5.74, 6) is 3.48. The van der Waals surface area contributed by atoms with E-state index in [4.69, 9.17) is 19.9 Å². The Morgan fingerprint density at radius 3 is 0.846 bits per heavy atom. The number of nitrogens with one attached hydrogen (secondary N) is 4. The lowest BCUT2D eigenvalue weighted by Gasteiger charge is -2.11. The first-order valence-electron chi connectivity index (χ1n) is 17.9. The SMILES string of the molecule is CCn1ccnc1C1=c2ccc([nH]2)=C(c2nccn2CC)c2ccc([nH]2)C(c2nccn2CC)=c2ccc([nH]2)=C(c2nccn2CC)c2ccc1[nH]2. The summed E-state index contributed by atoms with van der Waals surface area (Å²) in [6.07, 6.45) is 15.6. The fourth-order valence-corrected chi connectivity index (χ4v) is 7.46. The van der Waals surface area contributed by atoms with Crippen molar-refractivity contribution in [3.05, 3.63) is 166 Å². The second-order valence-corrected chi connectivity index (χ2v) is 12.8. The molecule has 0 saturated carbocycles. The van der Waals surface area contributed by atoms with Crippen LogP contribution < -0.4 is 21.4 Å². The average Bonchev–Trinajstić information content (AvgIpc) is 4.02. The van der Waals surface area contributed by atoms with Crippen molar-refractivity contribution < 1.29 is 0 Å². The van der Waals surface area contributed by atoms with Gasteiger partial charge in [0.15, 0.2) is 0 Å². The summed E-state index contributed by atoms with van der Waals surface area (Å²) in [6, 6.07) is 17.1. The van der Waals surface area contributed by atoms with E-state index in [-0.39, 0.29) is 0 Å². The molecule has 9 heterocycles. The molecule has 1 aliphatic rings. The molecule has 8 aromatic heterocycles. The molecule has 0 fully saturated rings. The van der Waals surface area contributed by atoms with E-state index in [9.17, 15) is 0 Å². The number of rotatable bonds is 8. The Kier molecular flexibility index (Phi) is 7.64. The molecule has 0 saturated heterocycles. The van der Waals surface area contributed by atoms with Crippen molar-refractivity contribution >= 4 is 22.3 Å². The van der Waals surface area contributed by atoms with Crippen LogP contribution in [0, 0.1) is 0 Å². The molecule has 0 amide bonds. The first kappa shape index (κ1) is 31.4. The van der Waals surface area contributed by atoms with Crippen molar-refractivity contribution in [1.82, 2.24) is 58.1 Å². The third-order valence-corrected chi connectivity index (χ3v) is 10.0. The largest absolute Gasteiger partial charge is 0.354 e. The quantitative estimate of drug-likeness (QED) is 0.195. The number of aromatic amines is 4. The van der Waals surface area contributed by atoms with Gasteiger partial charge in [-0.05, 0) is 76.2 Å². The lowest BCUT2D eigenvalue weighted by atomic mass is 10.1. The zero-order valence-corrected chi connectivity index (χ0v) is 29.6. The smallest absolute Gasteiger partial charge is 0.144 e. The van der Waals surface area contributed by atoms with Crippen LogP contribution in [0.1, 0.15) is 73.8 Å². The van der Waals surface area contributed by atoms with Gasteiger partial charge in [-0.15, -0.1) is 0 Å². The predicted molar refractivity (Wildman–Crippen MR) is 200 cm³/mol. The molecule has 0 aliphatic carbocycles. The highest BCUT2D eigenvalue weighted by Crippen LogP contribution is 2.27. The summed E-state index contributed by atoms with van der Waals surface area (Å²) >= 11 is 0. The summed E-state index contributed by atoms with van der Waals surface area (Å²) < 4.78 is 8.68. The molecule has 12 heteroatoms. The van der Waals surface area contributed by atoms with E-state index in [0.29, 0.717) is 0 Å². The summed E-state index contributed by atoms with van der Waals surface area (Å²) in [7, 11) is 0. The van der Waals surface area contributed by atoms with Crippen molar-refractivity contribution in [3.63, 3.8) is 0 Å². The minimum absolute atomic E-state index is 0.780. The van der Waals surface area contributed by atoms with Gasteiger partial charge in [-0.2, -0.15) is 0 Å². The fourth-order valence-electron chi connectivity index (χ4n) is 7.46. The molecular formula is C40H40N12. The third kappa shape index (κ3) is 4.97. The third-order valence-electron chi connectivity index (χ3n) is 10.0. The lowest BCUT2D eigenvalue weighted by Crippen LogP contribution is -2.21. The first-order valence-corrected chi connectivity index (χ1v) is 17.9. The Labute approximate surface area is 299 Å². The maximum absolute atomic E-state index is 4.88. The Morgan fingerprint density at radius 1 is 0.365 bits per heavy atom. The number of aromatic nitrogens is 12. The van der Waals surface area contributed by atoms with Gasteiger partial charge in [0.2, 0.25) is 0 Å². The molecule has 8 aromatic rings. The Morgan fingerprint density at radius 2 is 0.615 bits per heavy atom. The van der Waals surface area contributed by atoms with E-state index in [1.165, 1.54) is 0 Å².